The first-order valence-corrected chi connectivity index (χ1v) is 6.48. The Kier molecular flexibility index (Phi) is 4.71. The molecular weight excluding hydrogens is 262 g/mol. The van der Waals surface area contributed by atoms with Crippen LogP contribution in [0.25, 0.3) is 0 Å². The van der Waals surface area contributed by atoms with Crippen LogP contribution in [0.1, 0.15) is 19.4 Å². The van der Waals surface area contributed by atoms with Gasteiger partial charge in [0.05, 0.1) is 6.20 Å². The summed E-state index contributed by atoms with van der Waals surface area (Å²) >= 11 is 6.16. The summed E-state index contributed by atoms with van der Waals surface area (Å²) < 4.78 is 5.56. The Morgan fingerprint density at radius 2 is 2.21 bits per heavy atom. The number of pyridine rings is 2. The van der Waals surface area contributed by atoms with Gasteiger partial charge in [-0.3, -0.25) is 4.98 Å². The van der Waals surface area contributed by atoms with Crippen molar-refractivity contribution in [2.24, 2.45) is 0 Å². The lowest BCUT2D eigenvalue weighted by Crippen LogP contribution is -2.21. The van der Waals surface area contributed by atoms with E-state index in [0.717, 1.165) is 12.1 Å². The van der Waals surface area contributed by atoms with E-state index in [1.54, 1.807) is 30.7 Å². The maximum Gasteiger partial charge on any atom is 0.238 e. The minimum Gasteiger partial charge on any atom is -0.436 e. The summed E-state index contributed by atoms with van der Waals surface area (Å²) in [4.78, 5) is 8.20. The summed E-state index contributed by atoms with van der Waals surface area (Å²) in [6.45, 7) is 4.92. The molecule has 0 fully saturated rings. The highest BCUT2D eigenvalue weighted by Crippen LogP contribution is 2.27. The Balaban J connectivity index is 2.07. The number of nitrogens with one attached hydrogen (secondary N) is 1. The molecule has 0 saturated heterocycles. The van der Waals surface area contributed by atoms with Gasteiger partial charge in [-0.1, -0.05) is 25.4 Å². The van der Waals surface area contributed by atoms with Gasteiger partial charge >= 0.3 is 0 Å². The van der Waals surface area contributed by atoms with Crippen molar-refractivity contribution in [1.29, 1.82) is 0 Å². The molecule has 0 aliphatic rings. The molecule has 1 N–H and O–H groups in total. The third-order valence-electron chi connectivity index (χ3n) is 2.43. The van der Waals surface area contributed by atoms with E-state index in [0.29, 0.717) is 22.7 Å². The first kappa shape index (κ1) is 13.8. The predicted molar refractivity (Wildman–Crippen MR) is 75.5 cm³/mol. The molecule has 2 heterocycles. The van der Waals surface area contributed by atoms with Crippen LogP contribution in [0.2, 0.25) is 5.02 Å². The molecule has 2 aromatic heterocycles. The number of ether oxygens (including phenoxy) is 1. The zero-order valence-electron chi connectivity index (χ0n) is 10.9. The van der Waals surface area contributed by atoms with Crippen LogP contribution in [0.15, 0.2) is 36.8 Å². The van der Waals surface area contributed by atoms with Crippen molar-refractivity contribution in [2.75, 3.05) is 0 Å². The second-order valence-corrected chi connectivity index (χ2v) is 4.86. The van der Waals surface area contributed by atoms with Gasteiger partial charge in [0.1, 0.15) is 10.8 Å². The molecule has 2 rings (SSSR count). The van der Waals surface area contributed by atoms with Crippen LogP contribution >= 0.6 is 11.6 Å². The smallest absolute Gasteiger partial charge is 0.238 e. The fourth-order valence-corrected chi connectivity index (χ4v) is 1.71. The third kappa shape index (κ3) is 4.19. The van der Waals surface area contributed by atoms with Crippen molar-refractivity contribution in [2.45, 2.75) is 26.4 Å². The van der Waals surface area contributed by atoms with Crippen LogP contribution in [0.3, 0.4) is 0 Å². The van der Waals surface area contributed by atoms with Gasteiger partial charge in [-0.05, 0) is 23.8 Å². The average molecular weight is 278 g/mol. The van der Waals surface area contributed by atoms with Crippen molar-refractivity contribution >= 4 is 11.6 Å². The number of aromatic nitrogens is 2. The van der Waals surface area contributed by atoms with E-state index in [1.165, 1.54) is 0 Å². The van der Waals surface area contributed by atoms with E-state index in [2.05, 4.69) is 29.1 Å². The normalized spacial score (nSPS) is 10.7. The molecule has 0 saturated carbocycles. The zero-order valence-corrected chi connectivity index (χ0v) is 11.7. The van der Waals surface area contributed by atoms with Crippen LogP contribution < -0.4 is 10.1 Å². The molecule has 0 atom stereocenters. The van der Waals surface area contributed by atoms with Crippen molar-refractivity contribution in [3.63, 3.8) is 0 Å². The summed E-state index contributed by atoms with van der Waals surface area (Å²) in [5, 5.41) is 3.80. The first-order valence-electron chi connectivity index (χ1n) is 6.11. The number of halogens is 1. The van der Waals surface area contributed by atoms with E-state index in [1.807, 2.05) is 6.07 Å². The highest BCUT2D eigenvalue weighted by molar-refractivity contribution is 6.31. The van der Waals surface area contributed by atoms with E-state index < -0.39 is 0 Å². The topological polar surface area (TPSA) is 47.0 Å². The second-order valence-electron chi connectivity index (χ2n) is 4.46. The van der Waals surface area contributed by atoms with Gasteiger partial charge < -0.3 is 10.1 Å². The quantitative estimate of drug-likeness (QED) is 0.910. The summed E-state index contributed by atoms with van der Waals surface area (Å²) in [6, 6.07) is 5.88. The molecule has 5 heteroatoms. The van der Waals surface area contributed by atoms with E-state index in [9.17, 15) is 0 Å². The van der Waals surface area contributed by atoms with Gasteiger partial charge in [-0.25, -0.2) is 4.98 Å². The molecule has 19 heavy (non-hydrogen) atoms. The van der Waals surface area contributed by atoms with Crippen LogP contribution in [0, 0.1) is 0 Å². The first-order chi connectivity index (χ1) is 9.15. The van der Waals surface area contributed by atoms with Crippen molar-refractivity contribution in [3.05, 3.63) is 47.4 Å². The molecule has 0 aliphatic heterocycles. The fourth-order valence-electron chi connectivity index (χ4n) is 1.48. The molecule has 4 nitrogen and oxygen atoms in total. The molecule has 100 valence electrons. The maximum atomic E-state index is 6.16. The van der Waals surface area contributed by atoms with Gasteiger partial charge in [0.25, 0.3) is 0 Å². The van der Waals surface area contributed by atoms with Crippen LogP contribution in [-0.2, 0) is 6.54 Å². The zero-order chi connectivity index (χ0) is 13.7. The van der Waals surface area contributed by atoms with E-state index >= 15 is 0 Å². The molecular formula is C14H16ClN3O. The van der Waals surface area contributed by atoms with Gasteiger partial charge in [0.15, 0.2) is 0 Å². The lowest BCUT2D eigenvalue weighted by molar-refractivity contribution is 0.460. The summed E-state index contributed by atoms with van der Waals surface area (Å²) in [6.07, 6.45) is 5.06. The minimum atomic E-state index is 0.392. The van der Waals surface area contributed by atoms with Crippen LogP contribution in [0.4, 0.5) is 0 Å². The summed E-state index contributed by atoms with van der Waals surface area (Å²) in [5.74, 6) is 1.01. The monoisotopic (exact) mass is 277 g/mol. The lowest BCUT2D eigenvalue weighted by atomic mass is 10.2. The molecule has 0 unspecified atom stereocenters. The number of hydrogen-bond acceptors (Lipinski definition) is 4. The minimum absolute atomic E-state index is 0.392. The van der Waals surface area contributed by atoms with Gasteiger partial charge in [-0.2, -0.15) is 0 Å². The predicted octanol–water partition coefficient (Wildman–Crippen LogP) is 3.42. The lowest BCUT2D eigenvalue weighted by Gasteiger charge is -2.10. The van der Waals surface area contributed by atoms with Crippen LogP contribution in [0.5, 0.6) is 11.6 Å². The third-order valence-corrected chi connectivity index (χ3v) is 2.70. The second kappa shape index (κ2) is 6.50. The molecule has 0 bridgehead atoms. The Morgan fingerprint density at radius 3 is 2.84 bits per heavy atom. The largest absolute Gasteiger partial charge is 0.436 e. The number of hydrogen-bond donors (Lipinski definition) is 1. The molecule has 0 spiro atoms. The SMILES string of the molecule is CC(C)NCc1cnc(Oc2cccnc2)c(Cl)c1. The van der Waals surface area contributed by atoms with Gasteiger partial charge in [-0.15, -0.1) is 0 Å². The Hall–Kier alpha value is -1.65. The number of rotatable bonds is 5. The van der Waals surface area contributed by atoms with E-state index in [-0.39, 0.29) is 0 Å². The van der Waals surface area contributed by atoms with E-state index in [4.69, 9.17) is 16.3 Å². The number of nitrogens with zero attached hydrogens (tertiary/aromatic N) is 2. The standard InChI is InChI=1S/C14H16ClN3O/c1-10(2)17-7-11-6-13(15)14(18-8-11)19-12-4-3-5-16-9-12/h3-6,8-10,17H,7H2,1-2H3. The Morgan fingerprint density at radius 1 is 1.37 bits per heavy atom. The molecule has 0 aliphatic carbocycles. The Labute approximate surface area is 117 Å². The maximum absolute atomic E-state index is 6.16. The molecule has 0 radical (unpaired) electrons. The highest BCUT2D eigenvalue weighted by Gasteiger charge is 2.06. The summed E-state index contributed by atoms with van der Waals surface area (Å²) in [7, 11) is 0. The van der Waals surface area contributed by atoms with Gasteiger partial charge in [0, 0.05) is 25.0 Å². The van der Waals surface area contributed by atoms with Crippen molar-refractivity contribution < 1.29 is 4.74 Å². The highest BCUT2D eigenvalue weighted by atomic mass is 35.5. The molecule has 0 aromatic carbocycles. The fraction of sp³-hybridized carbons (Fsp3) is 0.286. The average Bonchev–Trinajstić information content (AvgIpc) is 2.40. The summed E-state index contributed by atoms with van der Waals surface area (Å²) in [5.41, 5.74) is 1.03. The molecule has 2 aromatic rings. The van der Waals surface area contributed by atoms with Gasteiger partial charge in [0.2, 0.25) is 5.88 Å². The molecule has 0 amide bonds. The van der Waals surface area contributed by atoms with Crippen molar-refractivity contribution in [3.8, 4) is 11.6 Å². The Bertz CT molecular complexity index is 531. The van der Waals surface area contributed by atoms with Crippen LogP contribution in [-0.4, -0.2) is 16.0 Å². The van der Waals surface area contributed by atoms with Crippen molar-refractivity contribution in [1.82, 2.24) is 15.3 Å².